The number of nitrogens with zero attached hydrogens (tertiary/aromatic N) is 3. The van der Waals surface area contributed by atoms with E-state index in [9.17, 15) is 13.6 Å². The number of nitrogens with two attached hydrogens (primary N) is 1. The van der Waals surface area contributed by atoms with Crippen molar-refractivity contribution in [3.63, 3.8) is 0 Å². The van der Waals surface area contributed by atoms with Crippen LogP contribution in [0.5, 0.6) is 0 Å². The summed E-state index contributed by atoms with van der Waals surface area (Å²) in [4.78, 5) is 22.1. The zero-order valence-corrected chi connectivity index (χ0v) is 19.8. The number of carbonyl (C=O) groups excluding carboxylic acids is 1. The molecule has 0 aliphatic carbocycles. The monoisotopic (exact) mass is 487 g/mol. The van der Waals surface area contributed by atoms with Gasteiger partial charge in [0.15, 0.2) is 17.9 Å². The molecule has 3 aliphatic rings. The molecule has 3 heterocycles. The van der Waals surface area contributed by atoms with Gasteiger partial charge in [0, 0.05) is 30.9 Å². The molecule has 1 saturated heterocycles. The Kier molecular flexibility index (Phi) is 5.78. The lowest BCUT2D eigenvalue weighted by Gasteiger charge is -2.26. The average molecular weight is 488 g/mol. The van der Waals surface area contributed by atoms with Gasteiger partial charge in [0.25, 0.3) is 5.91 Å². The number of anilines is 1. The molecule has 0 aromatic heterocycles. The van der Waals surface area contributed by atoms with Crippen LogP contribution in [-0.4, -0.2) is 40.8 Å². The van der Waals surface area contributed by atoms with Crippen LogP contribution >= 0.6 is 0 Å². The molecule has 184 valence electrons. The summed E-state index contributed by atoms with van der Waals surface area (Å²) in [5, 5.41) is 3.10. The Morgan fingerprint density at radius 1 is 0.972 bits per heavy atom. The first-order chi connectivity index (χ1) is 17.5. The van der Waals surface area contributed by atoms with E-state index in [4.69, 9.17) is 5.73 Å². The van der Waals surface area contributed by atoms with Crippen molar-refractivity contribution in [2.45, 2.75) is 38.8 Å². The van der Waals surface area contributed by atoms with Crippen LogP contribution in [0.4, 0.5) is 14.5 Å². The highest BCUT2D eigenvalue weighted by Crippen LogP contribution is 2.33. The third kappa shape index (κ3) is 4.16. The van der Waals surface area contributed by atoms with Crippen LogP contribution in [0.15, 0.2) is 59.6 Å². The number of benzene rings is 3. The molecule has 3 aromatic rings. The summed E-state index contributed by atoms with van der Waals surface area (Å²) in [5.74, 6) is -1.96. The Labute approximate surface area is 208 Å². The van der Waals surface area contributed by atoms with E-state index < -0.39 is 17.9 Å². The molecule has 3 aromatic carbocycles. The number of likely N-dealkylation sites (tertiary alicyclic amines) is 1. The Balaban J connectivity index is 1.37. The summed E-state index contributed by atoms with van der Waals surface area (Å²) in [6.45, 7) is 3.43. The first-order valence-electron chi connectivity index (χ1n) is 12.3. The maximum absolute atomic E-state index is 14.4. The van der Waals surface area contributed by atoms with Crippen molar-refractivity contribution in [1.29, 1.82) is 0 Å². The van der Waals surface area contributed by atoms with Gasteiger partial charge in [0.05, 0.1) is 0 Å². The smallest absolute Gasteiger partial charge is 0.273 e. The predicted molar refractivity (Wildman–Crippen MR) is 135 cm³/mol. The molecule has 0 bridgehead atoms. The highest BCUT2D eigenvalue weighted by molar-refractivity contribution is 6.46. The number of amides is 1. The van der Waals surface area contributed by atoms with Gasteiger partial charge >= 0.3 is 0 Å². The second kappa shape index (κ2) is 9.11. The topological polar surface area (TPSA) is 74.0 Å². The molecular weight excluding hydrogens is 460 g/mol. The zero-order chi connectivity index (χ0) is 24.8. The normalized spacial score (nSPS) is 19.0. The van der Waals surface area contributed by atoms with Crippen molar-refractivity contribution < 1.29 is 13.6 Å². The van der Waals surface area contributed by atoms with Gasteiger partial charge in [0.2, 0.25) is 0 Å². The fourth-order valence-electron chi connectivity index (χ4n) is 5.40. The van der Waals surface area contributed by atoms with Gasteiger partial charge in [-0.3, -0.25) is 15.4 Å². The van der Waals surface area contributed by atoms with Crippen LogP contribution < -0.4 is 11.1 Å². The number of rotatable bonds is 4. The van der Waals surface area contributed by atoms with Crippen molar-refractivity contribution in [2.75, 3.05) is 18.4 Å². The summed E-state index contributed by atoms with van der Waals surface area (Å²) >= 11 is 0. The van der Waals surface area contributed by atoms with E-state index in [1.807, 2.05) is 42.5 Å². The second-order valence-electron chi connectivity index (χ2n) is 9.66. The molecule has 0 radical (unpaired) electrons. The Bertz CT molecular complexity index is 1360. The number of hydrogen-bond donors (Lipinski definition) is 2. The standard InChI is InChI=1S/C28H27F2N5O/c29-23-12-20(14-34-9-3-4-10-34)21(13-24(23)30)17-7-8-25-22(11-17)26(33-28(31)32-25)27(36)35-15-18-5-1-2-6-19(18)16-35/h1-2,5-8,11-13,28,32H,3-4,9-10,14-16,31H2. The highest BCUT2D eigenvalue weighted by Gasteiger charge is 2.31. The van der Waals surface area contributed by atoms with E-state index in [1.165, 1.54) is 12.1 Å². The van der Waals surface area contributed by atoms with Crippen LogP contribution in [0.25, 0.3) is 11.1 Å². The minimum Gasteiger partial charge on any atom is -0.351 e. The van der Waals surface area contributed by atoms with Crippen LogP contribution in [0.2, 0.25) is 0 Å². The number of carbonyl (C=O) groups is 1. The maximum Gasteiger partial charge on any atom is 0.273 e. The zero-order valence-electron chi connectivity index (χ0n) is 19.8. The Morgan fingerprint density at radius 3 is 2.39 bits per heavy atom. The molecule has 3 aliphatic heterocycles. The summed E-state index contributed by atoms with van der Waals surface area (Å²) < 4.78 is 28.6. The first-order valence-corrected chi connectivity index (χ1v) is 12.3. The van der Waals surface area contributed by atoms with Crippen molar-refractivity contribution in [1.82, 2.24) is 9.80 Å². The maximum atomic E-state index is 14.4. The van der Waals surface area contributed by atoms with Gasteiger partial charge < -0.3 is 10.2 Å². The Hall–Kier alpha value is -3.62. The average Bonchev–Trinajstić information content (AvgIpc) is 3.55. The van der Waals surface area contributed by atoms with Crippen LogP contribution in [0.3, 0.4) is 0 Å². The van der Waals surface area contributed by atoms with Crippen molar-refractivity contribution in [3.05, 3.63) is 88.5 Å². The highest BCUT2D eigenvalue weighted by atomic mass is 19.2. The predicted octanol–water partition coefficient (Wildman–Crippen LogP) is 4.23. The molecule has 6 nitrogen and oxygen atoms in total. The van der Waals surface area contributed by atoms with E-state index >= 15 is 0 Å². The Morgan fingerprint density at radius 2 is 1.67 bits per heavy atom. The van der Waals surface area contributed by atoms with E-state index in [-0.39, 0.29) is 11.6 Å². The van der Waals surface area contributed by atoms with Gasteiger partial charge in [-0.1, -0.05) is 30.3 Å². The number of hydrogen-bond acceptors (Lipinski definition) is 5. The molecule has 6 rings (SSSR count). The third-order valence-electron chi connectivity index (χ3n) is 7.23. The molecule has 3 N–H and O–H groups in total. The molecule has 8 heteroatoms. The summed E-state index contributed by atoms with van der Waals surface area (Å²) in [5.41, 5.74) is 11.9. The lowest BCUT2D eigenvalue weighted by atomic mass is 9.94. The molecular formula is C28H27F2N5O. The minimum absolute atomic E-state index is 0.205. The van der Waals surface area contributed by atoms with Gasteiger partial charge in [-0.15, -0.1) is 0 Å². The summed E-state index contributed by atoms with van der Waals surface area (Å²) in [7, 11) is 0. The van der Waals surface area contributed by atoms with Gasteiger partial charge in [-0.2, -0.15) is 0 Å². The molecule has 0 spiro atoms. The SMILES string of the molecule is NC1N=C(C(=O)N2Cc3ccccc3C2)c2cc(-c3cc(F)c(F)cc3CN3CCCC3)ccc2N1. The fourth-order valence-corrected chi connectivity index (χ4v) is 5.40. The summed E-state index contributed by atoms with van der Waals surface area (Å²) in [6, 6.07) is 16.0. The minimum atomic E-state index is -0.896. The molecule has 1 unspecified atom stereocenters. The van der Waals surface area contributed by atoms with E-state index in [2.05, 4.69) is 15.2 Å². The number of fused-ring (bicyclic) bond motifs is 2. The van der Waals surface area contributed by atoms with Crippen LogP contribution in [0, 0.1) is 11.6 Å². The van der Waals surface area contributed by atoms with Crippen LogP contribution in [-0.2, 0) is 24.4 Å². The molecule has 0 saturated carbocycles. The lowest BCUT2D eigenvalue weighted by Crippen LogP contribution is -2.40. The van der Waals surface area contributed by atoms with E-state index in [0.29, 0.717) is 42.0 Å². The number of nitrogens with one attached hydrogen (secondary N) is 1. The molecule has 1 fully saturated rings. The molecule has 1 amide bonds. The second-order valence-corrected chi connectivity index (χ2v) is 9.66. The number of aliphatic imine (C=N–C) groups is 1. The van der Waals surface area contributed by atoms with Crippen molar-refractivity contribution >= 4 is 17.3 Å². The quantitative estimate of drug-likeness (QED) is 0.578. The molecule has 1 atom stereocenters. The van der Waals surface area contributed by atoms with Gasteiger partial charge in [0.1, 0.15) is 5.71 Å². The van der Waals surface area contributed by atoms with Gasteiger partial charge in [-0.05, 0) is 78.0 Å². The largest absolute Gasteiger partial charge is 0.351 e. The third-order valence-corrected chi connectivity index (χ3v) is 7.23. The fraction of sp³-hybridized carbons (Fsp3) is 0.286. The van der Waals surface area contributed by atoms with Crippen molar-refractivity contribution in [2.24, 2.45) is 10.7 Å². The lowest BCUT2D eigenvalue weighted by molar-refractivity contribution is -0.124. The molecule has 36 heavy (non-hydrogen) atoms. The van der Waals surface area contributed by atoms with E-state index in [0.717, 1.165) is 42.6 Å². The van der Waals surface area contributed by atoms with E-state index in [1.54, 1.807) is 4.90 Å². The van der Waals surface area contributed by atoms with Gasteiger partial charge in [-0.25, -0.2) is 13.8 Å². The van der Waals surface area contributed by atoms with Crippen LogP contribution in [0.1, 0.15) is 35.1 Å². The van der Waals surface area contributed by atoms with Crippen molar-refractivity contribution in [3.8, 4) is 11.1 Å². The summed E-state index contributed by atoms with van der Waals surface area (Å²) in [6.07, 6.45) is 1.46. The first kappa shape index (κ1) is 22.8. The number of halogens is 2.